The molecule has 1 fully saturated rings. The van der Waals surface area contributed by atoms with Crippen LogP contribution < -0.4 is 9.47 Å². The second-order valence-corrected chi connectivity index (χ2v) is 9.62. The van der Waals surface area contributed by atoms with Crippen molar-refractivity contribution in [3.8, 4) is 17.4 Å². The third kappa shape index (κ3) is 3.78. The molecule has 2 aliphatic heterocycles. The van der Waals surface area contributed by atoms with Crippen LogP contribution in [-0.4, -0.2) is 70.5 Å². The summed E-state index contributed by atoms with van der Waals surface area (Å²) >= 11 is 0. The van der Waals surface area contributed by atoms with Gasteiger partial charge in [0.2, 0.25) is 5.88 Å². The van der Waals surface area contributed by atoms with Crippen LogP contribution in [0.2, 0.25) is 0 Å². The van der Waals surface area contributed by atoms with E-state index >= 15 is 0 Å². The number of carboxylic acid groups (broad SMARTS) is 1. The lowest BCUT2D eigenvalue weighted by Gasteiger charge is -2.56. The van der Waals surface area contributed by atoms with Crippen molar-refractivity contribution in [1.82, 2.24) is 9.88 Å². The molecular formula is C27H30N2O7. The number of carbonyl (C=O) groups excluding carboxylic acids is 1. The summed E-state index contributed by atoms with van der Waals surface area (Å²) in [6, 6.07) is 9.27. The van der Waals surface area contributed by atoms with Crippen molar-refractivity contribution in [2.24, 2.45) is 5.92 Å². The van der Waals surface area contributed by atoms with Crippen LogP contribution in [0.25, 0.3) is 0 Å². The number of hydrogen-bond donors (Lipinski definition) is 2. The highest BCUT2D eigenvalue weighted by Gasteiger charge is 2.64. The summed E-state index contributed by atoms with van der Waals surface area (Å²) in [6.45, 7) is 4.10. The number of carbonyl (C=O) groups is 2. The molecule has 4 aliphatic rings. The number of phenolic OH excluding ortho intramolecular Hbond substituents is 1. The lowest BCUT2D eigenvalue weighted by atomic mass is 9.53. The second kappa shape index (κ2) is 9.13. The number of phenols is 1. The summed E-state index contributed by atoms with van der Waals surface area (Å²) in [7, 11) is 2.19. The van der Waals surface area contributed by atoms with Gasteiger partial charge in [0.05, 0.1) is 6.61 Å². The monoisotopic (exact) mass is 494 g/mol. The Labute approximate surface area is 209 Å². The molecule has 0 unspecified atom stereocenters. The average Bonchev–Trinajstić information content (AvgIpc) is 3.20. The number of ether oxygens (including phenoxy) is 3. The Balaban J connectivity index is 0.000000623. The first-order valence-corrected chi connectivity index (χ1v) is 12.2. The van der Waals surface area contributed by atoms with Gasteiger partial charge in [0.15, 0.2) is 23.3 Å². The van der Waals surface area contributed by atoms with Gasteiger partial charge in [-0.05, 0) is 57.1 Å². The maximum absolute atomic E-state index is 12.1. The number of aromatic nitrogens is 1. The fourth-order valence-electron chi connectivity index (χ4n) is 6.26. The predicted molar refractivity (Wildman–Crippen MR) is 129 cm³/mol. The Bertz CT molecular complexity index is 1220. The quantitative estimate of drug-likeness (QED) is 0.488. The Kier molecular flexibility index (Phi) is 6.12. The van der Waals surface area contributed by atoms with Crippen molar-refractivity contribution in [2.45, 2.75) is 50.4 Å². The zero-order valence-corrected chi connectivity index (χ0v) is 20.5. The van der Waals surface area contributed by atoms with Crippen molar-refractivity contribution >= 4 is 11.9 Å². The molecule has 2 aromatic rings. The first kappa shape index (κ1) is 24.1. The molecule has 190 valence electrons. The van der Waals surface area contributed by atoms with E-state index in [0.29, 0.717) is 23.6 Å². The minimum atomic E-state index is -0.833. The van der Waals surface area contributed by atoms with Crippen LogP contribution in [0.5, 0.6) is 17.4 Å². The summed E-state index contributed by atoms with van der Waals surface area (Å²) in [4.78, 5) is 27.9. The van der Waals surface area contributed by atoms with Gasteiger partial charge in [-0.1, -0.05) is 18.2 Å². The largest absolute Gasteiger partial charge is 0.504 e. The number of rotatable bonds is 4. The van der Waals surface area contributed by atoms with Gasteiger partial charge in [-0.2, -0.15) is 0 Å². The molecule has 6 rings (SSSR count). The molecule has 0 saturated carbocycles. The van der Waals surface area contributed by atoms with Gasteiger partial charge in [0.1, 0.15) is 6.10 Å². The third-order valence-corrected chi connectivity index (χ3v) is 7.60. The van der Waals surface area contributed by atoms with Gasteiger partial charge in [-0.15, -0.1) is 0 Å². The molecule has 0 amide bonds. The molecule has 1 aromatic carbocycles. The Hall–Kier alpha value is -3.59. The van der Waals surface area contributed by atoms with Crippen molar-refractivity contribution in [3.63, 3.8) is 0 Å². The van der Waals surface area contributed by atoms with E-state index in [1.807, 2.05) is 6.07 Å². The van der Waals surface area contributed by atoms with E-state index in [9.17, 15) is 9.90 Å². The third-order valence-electron chi connectivity index (χ3n) is 7.60. The molecule has 2 N–H and O–H groups in total. The van der Waals surface area contributed by atoms with E-state index in [1.165, 1.54) is 5.56 Å². The molecule has 9 nitrogen and oxygen atoms in total. The van der Waals surface area contributed by atoms with Crippen LogP contribution in [0.4, 0.5) is 0 Å². The van der Waals surface area contributed by atoms with Crippen LogP contribution in [0.1, 0.15) is 41.9 Å². The minimum Gasteiger partial charge on any atom is -0.504 e. The number of hydrogen-bond acceptors (Lipinski definition) is 8. The summed E-state index contributed by atoms with van der Waals surface area (Å²) in [6.07, 6.45) is 5.54. The number of benzene rings is 1. The molecule has 5 atom stereocenters. The van der Waals surface area contributed by atoms with E-state index in [4.69, 9.17) is 24.1 Å². The Morgan fingerprint density at radius 2 is 2.03 bits per heavy atom. The van der Waals surface area contributed by atoms with Crippen molar-refractivity contribution in [3.05, 3.63) is 59.3 Å². The molecule has 36 heavy (non-hydrogen) atoms. The number of likely N-dealkylation sites (N-methyl/N-ethyl adjacent to an activating group) is 1. The highest BCUT2D eigenvalue weighted by molar-refractivity contribution is 5.87. The van der Waals surface area contributed by atoms with Gasteiger partial charge >= 0.3 is 5.97 Å². The van der Waals surface area contributed by atoms with E-state index in [-0.39, 0.29) is 29.6 Å². The average molecular weight is 495 g/mol. The number of nitrogens with zero attached hydrogens (tertiary/aromatic N) is 2. The highest BCUT2D eigenvalue weighted by Crippen LogP contribution is 2.62. The number of aliphatic carboxylic acids is 1. The Morgan fingerprint density at radius 1 is 1.25 bits per heavy atom. The molecule has 3 heterocycles. The van der Waals surface area contributed by atoms with Crippen LogP contribution in [-0.2, 0) is 21.4 Å². The maximum atomic E-state index is 12.1. The summed E-state index contributed by atoms with van der Waals surface area (Å²) < 4.78 is 17.9. The first-order valence-electron chi connectivity index (χ1n) is 12.2. The van der Waals surface area contributed by atoms with E-state index in [2.05, 4.69) is 29.1 Å². The first-order chi connectivity index (χ1) is 17.3. The lowest BCUT2D eigenvalue weighted by Crippen LogP contribution is -2.65. The predicted octanol–water partition coefficient (Wildman–Crippen LogP) is 2.95. The maximum Gasteiger partial charge on any atom is 0.357 e. The smallest absolute Gasteiger partial charge is 0.357 e. The number of piperidine rings is 1. The standard InChI is InChI=1S/C25H26N2O5.C2H4O2/c1-3-30-24(29)16-5-4-6-20(26-16)31-19-10-8-15-17-13-14-7-9-18(28)22-21(14)25(15,23(19)32-22)11-12-27(17)2;1-2(3)4/h4-10,15,17,19,23,28H,3,11-13H2,1-2H3;1H3,(H,3,4)/t15-,17+,19-,23-,25-;/m0./s1. The molecule has 0 radical (unpaired) electrons. The SMILES string of the molecule is CC(=O)O.CCOC(=O)c1cccc(O[C@H]2C=C[C@H]3[C@H]4Cc5ccc(O)c6c5[C@@]3(CCN4C)[C@H]2O6)n1. The van der Waals surface area contributed by atoms with Crippen LogP contribution in [0.15, 0.2) is 42.5 Å². The topological polar surface area (TPSA) is 118 Å². The molecule has 2 bridgehead atoms. The molecule has 9 heteroatoms. The van der Waals surface area contributed by atoms with Crippen LogP contribution in [0.3, 0.4) is 0 Å². The van der Waals surface area contributed by atoms with Crippen molar-refractivity contribution in [1.29, 1.82) is 0 Å². The van der Waals surface area contributed by atoms with E-state index < -0.39 is 18.0 Å². The van der Waals surface area contributed by atoms with Gasteiger partial charge in [0, 0.05) is 35.9 Å². The Morgan fingerprint density at radius 3 is 2.78 bits per heavy atom. The number of pyridine rings is 1. The summed E-state index contributed by atoms with van der Waals surface area (Å²) in [5.74, 6) is 0.126. The fraction of sp³-hybridized carbons (Fsp3) is 0.444. The second-order valence-electron chi connectivity index (χ2n) is 9.62. The number of aromatic hydroxyl groups is 1. The zero-order chi connectivity index (χ0) is 25.6. The lowest BCUT2D eigenvalue weighted by molar-refractivity contribution is -0.134. The van der Waals surface area contributed by atoms with Gasteiger partial charge in [0.25, 0.3) is 5.97 Å². The number of carboxylic acids is 1. The normalized spacial score (nSPS) is 28.8. The van der Waals surface area contributed by atoms with Crippen LogP contribution in [0, 0.1) is 5.92 Å². The van der Waals surface area contributed by atoms with Crippen LogP contribution >= 0.6 is 0 Å². The van der Waals surface area contributed by atoms with Gasteiger partial charge in [-0.25, -0.2) is 9.78 Å². The summed E-state index contributed by atoms with van der Waals surface area (Å²) in [5.41, 5.74) is 2.39. The van der Waals surface area contributed by atoms with Crippen molar-refractivity contribution in [2.75, 3.05) is 20.2 Å². The zero-order valence-electron chi connectivity index (χ0n) is 20.5. The van der Waals surface area contributed by atoms with Gasteiger partial charge < -0.3 is 29.3 Å². The molecular weight excluding hydrogens is 464 g/mol. The molecule has 1 spiro atoms. The van der Waals surface area contributed by atoms with E-state index in [1.54, 1.807) is 31.2 Å². The minimum absolute atomic E-state index is 0.185. The van der Waals surface area contributed by atoms with Crippen molar-refractivity contribution < 1.29 is 34.0 Å². The highest BCUT2D eigenvalue weighted by atomic mass is 16.6. The number of likely N-dealkylation sites (tertiary alicyclic amines) is 1. The number of esters is 1. The van der Waals surface area contributed by atoms with E-state index in [0.717, 1.165) is 31.9 Å². The van der Waals surface area contributed by atoms with Gasteiger partial charge in [-0.3, -0.25) is 4.79 Å². The molecule has 1 aromatic heterocycles. The fourth-order valence-corrected chi connectivity index (χ4v) is 6.26. The molecule has 2 aliphatic carbocycles. The molecule has 1 saturated heterocycles. The summed E-state index contributed by atoms with van der Waals surface area (Å²) in [5, 5.41) is 18.0.